The summed E-state index contributed by atoms with van der Waals surface area (Å²) in [6, 6.07) is 13.3. The third-order valence-corrected chi connectivity index (χ3v) is 4.26. The van der Waals surface area contributed by atoms with Gasteiger partial charge >= 0.3 is 0 Å². The lowest BCUT2D eigenvalue weighted by molar-refractivity contribution is 0.0991. The fourth-order valence-corrected chi connectivity index (χ4v) is 3.17. The van der Waals surface area contributed by atoms with Crippen molar-refractivity contribution in [2.24, 2.45) is 7.05 Å². The molecule has 3 aromatic rings. The standard InChI is InChI=1S/C18H16BrN4O/c1-11-8-14(6-7-15(11)18(20)24)21-13-5-3-4-12(9-13)17-16(19)10-23(2)22-17/h3-10,20-21H,1-2H3. The van der Waals surface area contributed by atoms with E-state index in [1.807, 2.05) is 50.5 Å². The van der Waals surface area contributed by atoms with E-state index < -0.39 is 5.91 Å². The molecular weight excluding hydrogens is 368 g/mol. The summed E-state index contributed by atoms with van der Waals surface area (Å²) in [5, 5.41) is 7.78. The number of aromatic nitrogens is 2. The Morgan fingerprint density at radius 1 is 1.21 bits per heavy atom. The Labute approximate surface area is 148 Å². The summed E-state index contributed by atoms with van der Waals surface area (Å²) in [4.78, 5) is 11.2. The number of carbonyl (C=O) groups is 1. The van der Waals surface area contributed by atoms with Crippen LogP contribution in [-0.2, 0) is 7.05 Å². The number of nitrogens with zero attached hydrogens (tertiary/aromatic N) is 2. The molecule has 1 amide bonds. The first-order valence-electron chi connectivity index (χ1n) is 7.37. The van der Waals surface area contributed by atoms with Crippen molar-refractivity contribution < 1.29 is 4.79 Å². The second kappa shape index (κ2) is 6.49. The molecule has 0 aliphatic rings. The van der Waals surface area contributed by atoms with E-state index in [2.05, 4.69) is 26.3 Å². The minimum Gasteiger partial charge on any atom is -0.356 e. The lowest BCUT2D eigenvalue weighted by Crippen LogP contribution is -2.02. The van der Waals surface area contributed by atoms with Crippen LogP contribution in [0.4, 0.5) is 11.4 Å². The van der Waals surface area contributed by atoms with Crippen LogP contribution >= 0.6 is 15.9 Å². The van der Waals surface area contributed by atoms with E-state index in [1.54, 1.807) is 16.8 Å². The van der Waals surface area contributed by atoms with Gasteiger partial charge < -0.3 is 5.32 Å². The summed E-state index contributed by atoms with van der Waals surface area (Å²) in [7, 11) is 1.88. The Balaban J connectivity index is 1.89. The molecule has 1 aromatic heterocycles. The Kier molecular flexibility index (Phi) is 4.40. The quantitative estimate of drug-likeness (QED) is 0.728. The molecule has 2 N–H and O–H groups in total. The van der Waals surface area contributed by atoms with E-state index in [0.29, 0.717) is 5.56 Å². The Morgan fingerprint density at radius 2 is 1.96 bits per heavy atom. The third kappa shape index (κ3) is 3.33. The monoisotopic (exact) mass is 383 g/mol. The van der Waals surface area contributed by atoms with Gasteiger partial charge in [-0.1, -0.05) is 12.1 Å². The molecule has 3 rings (SSSR count). The SMILES string of the molecule is Cc1cc(Nc2cccc(-c3nn(C)cc3Br)c2)ccc1C([NH])=O. The van der Waals surface area contributed by atoms with E-state index in [9.17, 15) is 4.79 Å². The van der Waals surface area contributed by atoms with Crippen LogP contribution in [0.1, 0.15) is 15.9 Å². The molecule has 5 nitrogen and oxygen atoms in total. The van der Waals surface area contributed by atoms with Gasteiger partial charge in [0.1, 0.15) is 5.69 Å². The normalized spacial score (nSPS) is 10.6. The van der Waals surface area contributed by atoms with Gasteiger partial charge in [-0.2, -0.15) is 5.10 Å². The summed E-state index contributed by atoms with van der Waals surface area (Å²) >= 11 is 3.52. The average Bonchev–Trinajstić information content (AvgIpc) is 2.86. The van der Waals surface area contributed by atoms with Crippen molar-refractivity contribution >= 4 is 33.2 Å². The highest BCUT2D eigenvalue weighted by atomic mass is 79.9. The molecule has 0 fully saturated rings. The molecule has 1 heterocycles. The minimum absolute atomic E-state index is 0.423. The number of halogens is 1. The van der Waals surface area contributed by atoms with Crippen molar-refractivity contribution in [1.82, 2.24) is 15.5 Å². The summed E-state index contributed by atoms with van der Waals surface area (Å²) in [5.74, 6) is -0.666. The first-order chi connectivity index (χ1) is 11.4. The zero-order valence-corrected chi connectivity index (χ0v) is 14.9. The number of carbonyl (C=O) groups excluding carboxylic acids is 1. The lowest BCUT2D eigenvalue weighted by atomic mass is 10.1. The van der Waals surface area contributed by atoms with E-state index in [-0.39, 0.29) is 0 Å². The van der Waals surface area contributed by atoms with Crippen molar-refractivity contribution in [3.63, 3.8) is 0 Å². The number of nitrogens with one attached hydrogen (secondary N) is 2. The largest absolute Gasteiger partial charge is 0.356 e. The molecule has 0 spiro atoms. The maximum Gasteiger partial charge on any atom is 0.269 e. The first kappa shape index (κ1) is 16.3. The molecule has 1 radical (unpaired) electrons. The number of hydrogen-bond donors (Lipinski definition) is 1. The van der Waals surface area contributed by atoms with Crippen LogP contribution in [0.25, 0.3) is 11.3 Å². The van der Waals surface area contributed by atoms with Gasteiger partial charge in [0.05, 0.1) is 4.47 Å². The van der Waals surface area contributed by atoms with Gasteiger partial charge in [0, 0.05) is 35.7 Å². The topological polar surface area (TPSA) is 70.7 Å². The smallest absolute Gasteiger partial charge is 0.269 e. The minimum atomic E-state index is -0.666. The zero-order chi connectivity index (χ0) is 17.3. The molecule has 0 saturated heterocycles. The molecule has 121 valence electrons. The Hall–Kier alpha value is -2.60. The van der Waals surface area contributed by atoms with Crippen molar-refractivity contribution in [2.75, 3.05) is 5.32 Å². The summed E-state index contributed by atoms with van der Waals surface area (Å²) in [6.45, 7) is 1.83. The third-order valence-electron chi connectivity index (χ3n) is 3.68. The van der Waals surface area contributed by atoms with Gasteiger partial charge in [0.25, 0.3) is 5.91 Å². The highest BCUT2D eigenvalue weighted by Gasteiger charge is 2.09. The molecule has 24 heavy (non-hydrogen) atoms. The van der Waals surface area contributed by atoms with Crippen molar-refractivity contribution in [2.45, 2.75) is 6.92 Å². The summed E-state index contributed by atoms with van der Waals surface area (Å²) in [5.41, 5.74) is 12.1. The summed E-state index contributed by atoms with van der Waals surface area (Å²) < 4.78 is 2.70. The van der Waals surface area contributed by atoms with Gasteiger partial charge in [-0.15, -0.1) is 0 Å². The molecule has 6 heteroatoms. The van der Waals surface area contributed by atoms with Crippen LogP contribution in [0, 0.1) is 6.92 Å². The number of benzene rings is 2. The lowest BCUT2D eigenvalue weighted by Gasteiger charge is -2.10. The molecule has 0 saturated carbocycles. The average molecular weight is 384 g/mol. The molecule has 0 atom stereocenters. The van der Waals surface area contributed by atoms with E-state index in [4.69, 9.17) is 5.73 Å². The van der Waals surface area contributed by atoms with Crippen molar-refractivity contribution in [3.05, 3.63) is 64.3 Å². The maximum atomic E-state index is 11.2. The van der Waals surface area contributed by atoms with Crippen LogP contribution in [0.15, 0.2) is 53.1 Å². The maximum absolute atomic E-state index is 11.2. The van der Waals surface area contributed by atoms with Gasteiger partial charge in [0.2, 0.25) is 0 Å². The van der Waals surface area contributed by atoms with E-state index in [0.717, 1.165) is 32.7 Å². The highest BCUT2D eigenvalue weighted by molar-refractivity contribution is 9.10. The molecule has 0 unspecified atom stereocenters. The predicted molar refractivity (Wildman–Crippen MR) is 98.2 cm³/mol. The molecule has 0 aliphatic heterocycles. The van der Waals surface area contributed by atoms with Gasteiger partial charge in [-0.25, -0.2) is 0 Å². The van der Waals surface area contributed by atoms with Gasteiger partial charge in [-0.3, -0.25) is 15.2 Å². The van der Waals surface area contributed by atoms with Crippen molar-refractivity contribution in [3.8, 4) is 11.3 Å². The second-order valence-electron chi connectivity index (χ2n) is 5.56. The summed E-state index contributed by atoms with van der Waals surface area (Å²) in [6.07, 6.45) is 1.91. The van der Waals surface area contributed by atoms with Crippen LogP contribution < -0.4 is 11.1 Å². The van der Waals surface area contributed by atoms with Crippen LogP contribution in [0.3, 0.4) is 0 Å². The predicted octanol–water partition coefficient (Wildman–Crippen LogP) is 4.32. The zero-order valence-electron chi connectivity index (χ0n) is 13.3. The van der Waals surface area contributed by atoms with Crippen LogP contribution in [-0.4, -0.2) is 15.7 Å². The van der Waals surface area contributed by atoms with Gasteiger partial charge in [0.15, 0.2) is 0 Å². The van der Waals surface area contributed by atoms with Crippen LogP contribution in [0.2, 0.25) is 0 Å². The number of anilines is 2. The molecule has 0 aliphatic carbocycles. The van der Waals surface area contributed by atoms with E-state index >= 15 is 0 Å². The fourth-order valence-electron chi connectivity index (χ4n) is 2.56. The van der Waals surface area contributed by atoms with E-state index in [1.165, 1.54) is 0 Å². The molecular formula is C18H16BrN4O. The Morgan fingerprint density at radius 3 is 2.58 bits per heavy atom. The van der Waals surface area contributed by atoms with Gasteiger partial charge in [-0.05, 0) is 58.7 Å². The Bertz CT molecular complexity index is 917. The molecule has 0 bridgehead atoms. The fraction of sp³-hybridized carbons (Fsp3) is 0.111. The molecule has 2 aromatic carbocycles. The number of amides is 1. The first-order valence-corrected chi connectivity index (χ1v) is 8.16. The second-order valence-corrected chi connectivity index (χ2v) is 6.42. The number of aryl methyl sites for hydroxylation is 2. The highest BCUT2D eigenvalue weighted by Crippen LogP contribution is 2.29. The number of hydrogen-bond acceptors (Lipinski definition) is 3. The number of rotatable bonds is 4. The van der Waals surface area contributed by atoms with Crippen molar-refractivity contribution in [1.29, 1.82) is 0 Å². The van der Waals surface area contributed by atoms with Crippen LogP contribution in [0.5, 0.6) is 0 Å².